The van der Waals surface area contributed by atoms with Crippen LogP contribution in [-0.2, 0) is 13.0 Å². The summed E-state index contributed by atoms with van der Waals surface area (Å²) in [6.07, 6.45) is 8.24. The van der Waals surface area contributed by atoms with Crippen LogP contribution >= 0.6 is 24.0 Å². The van der Waals surface area contributed by atoms with Gasteiger partial charge < -0.3 is 15.6 Å². The number of nitrogens with zero attached hydrogens (tertiary/aromatic N) is 4. The van der Waals surface area contributed by atoms with Crippen LogP contribution in [0.1, 0.15) is 23.9 Å². The van der Waals surface area contributed by atoms with E-state index in [1.165, 1.54) is 12.1 Å². The van der Waals surface area contributed by atoms with Crippen LogP contribution in [0.5, 0.6) is 0 Å². The molecule has 0 aliphatic heterocycles. The van der Waals surface area contributed by atoms with Crippen molar-refractivity contribution in [3.05, 3.63) is 77.9 Å². The number of imidazole rings is 1. The van der Waals surface area contributed by atoms with Crippen LogP contribution < -0.4 is 10.6 Å². The SMILES string of the molecule is CCNC(=NCc1ccc(-n2ccnc2C)nc1)NCCc1c[nH]c2cc(F)ccc12.I. The number of aliphatic imine (C=N–C) groups is 1. The normalized spacial score (nSPS) is 11.4. The van der Waals surface area contributed by atoms with Crippen LogP contribution in [0.3, 0.4) is 0 Å². The molecule has 1 aromatic carbocycles. The molecular formula is C23H27FIN7. The number of benzene rings is 1. The average molecular weight is 547 g/mol. The molecule has 0 fully saturated rings. The number of guanidine groups is 1. The van der Waals surface area contributed by atoms with Crippen molar-refractivity contribution in [2.24, 2.45) is 4.99 Å². The van der Waals surface area contributed by atoms with Crippen molar-refractivity contribution in [2.75, 3.05) is 13.1 Å². The van der Waals surface area contributed by atoms with E-state index < -0.39 is 0 Å². The fourth-order valence-corrected chi connectivity index (χ4v) is 3.47. The monoisotopic (exact) mass is 547 g/mol. The molecule has 3 N–H and O–H groups in total. The van der Waals surface area contributed by atoms with Crippen molar-refractivity contribution >= 4 is 40.8 Å². The first kappa shape index (κ1) is 23.7. The lowest BCUT2D eigenvalue weighted by Crippen LogP contribution is -2.38. The third-order valence-corrected chi connectivity index (χ3v) is 5.06. The summed E-state index contributed by atoms with van der Waals surface area (Å²) < 4.78 is 15.3. The number of pyridine rings is 1. The molecule has 4 aromatic rings. The van der Waals surface area contributed by atoms with Gasteiger partial charge in [-0.05, 0) is 55.7 Å². The average Bonchev–Trinajstić information content (AvgIpc) is 3.38. The Bertz CT molecular complexity index is 1180. The van der Waals surface area contributed by atoms with Gasteiger partial charge in [-0.2, -0.15) is 0 Å². The molecule has 168 valence electrons. The van der Waals surface area contributed by atoms with E-state index in [-0.39, 0.29) is 29.8 Å². The van der Waals surface area contributed by atoms with Crippen molar-refractivity contribution in [3.63, 3.8) is 0 Å². The molecule has 3 aromatic heterocycles. The molecule has 0 saturated carbocycles. The summed E-state index contributed by atoms with van der Waals surface area (Å²) in [5.74, 6) is 2.26. The Morgan fingerprint density at radius 3 is 2.78 bits per heavy atom. The highest BCUT2D eigenvalue weighted by atomic mass is 127. The van der Waals surface area contributed by atoms with Crippen molar-refractivity contribution in [2.45, 2.75) is 26.8 Å². The van der Waals surface area contributed by atoms with Crippen LogP contribution in [0.25, 0.3) is 16.7 Å². The van der Waals surface area contributed by atoms with Crippen LogP contribution in [0.15, 0.2) is 60.1 Å². The largest absolute Gasteiger partial charge is 0.361 e. The van der Waals surface area contributed by atoms with Gasteiger partial charge in [0, 0.05) is 48.8 Å². The lowest BCUT2D eigenvalue weighted by atomic mass is 10.1. The number of nitrogens with one attached hydrogen (secondary N) is 3. The van der Waals surface area contributed by atoms with Crippen molar-refractivity contribution in [3.8, 4) is 5.82 Å². The Kier molecular flexibility index (Phi) is 8.20. The highest BCUT2D eigenvalue weighted by molar-refractivity contribution is 14.0. The maximum atomic E-state index is 13.4. The van der Waals surface area contributed by atoms with Gasteiger partial charge in [0.2, 0.25) is 0 Å². The van der Waals surface area contributed by atoms with E-state index in [4.69, 9.17) is 0 Å². The molecule has 32 heavy (non-hydrogen) atoms. The molecule has 7 nitrogen and oxygen atoms in total. The molecule has 0 aliphatic carbocycles. The zero-order chi connectivity index (χ0) is 21.6. The van der Waals surface area contributed by atoms with Crippen LogP contribution in [-0.4, -0.2) is 38.6 Å². The molecule has 0 atom stereocenters. The molecule has 0 bridgehead atoms. The van der Waals surface area contributed by atoms with Crippen molar-refractivity contribution in [1.29, 1.82) is 0 Å². The van der Waals surface area contributed by atoms with Crippen molar-refractivity contribution < 1.29 is 4.39 Å². The number of hydrogen-bond donors (Lipinski definition) is 3. The minimum atomic E-state index is -0.233. The Morgan fingerprint density at radius 1 is 1.19 bits per heavy atom. The lowest BCUT2D eigenvalue weighted by molar-refractivity contribution is 0.629. The second kappa shape index (κ2) is 11.1. The Balaban J connectivity index is 0.00000289. The number of fused-ring (bicyclic) bond motifs is 1. The van der Waals surface area contributed by atoms with Gasteiger partial charge in [0.05, 0.1) is 6.54 Å². The summed E-state index contributed by atoms with van der Waals surface area (Å²) in [6, 6.07) is 8.83. The minimum absolute atomic E-state index is 0. The smallest absolute Gasteiger partial charge is 0.191 e. The number of aryl methyl sites for hydroxylation is 1. The fourth-order valence-electron chi connectivity index (χ4n) is 3.47. The maximum absolute atomic E-state index is 13.4. The Labute approximate surface area is 203 Å². The van der Waals surface area contributed by atoms with Gasteiger partial charge in [-0.3, -0.25) is 4.57 Å². The molecule has 0 amide bonds. The zero-order valence-electron chi connectivity index (χ0n) is 18.1. The molecule has 0 unspecified atom stereocenters. The summed E-state index contributed by atoms with van der Waals surface area (Å²) >= 11 is 0. The Morgan fingerprint density at radius 2 is 2.06 bits per heavy atom. The van der Waals surface area contributed by atoms with E-state index in [1.807, 2.05) is 55.2 Å². The van der Waals surface area contributed by atoms with E-state index in [9.17, 15) is 4.39 Å². The number of halogens is 2. The predicted octanol–water partition coefficient (Wildman–Crippen LogP) is 4.11. The molecule has 0 spiro atoms. The molecule has 0 aliphatic rings. The van der Waals surface area contributed by atoms with Gasteiger partial charge in [0.15, 0.2) is 5.96 Å². The summed E-state index contributed by atoms with van der Waals surface area (Å²) in [7, 11) is 0. The van der Waals surface area contributed by atoms with Crippen LogP contribution in [0, 0.1) is 12.7 Å². The predicted molar refractivity (Wildman–Crippen MR) is 136 cm³/mol. The quantitative estimate of drug-likeness (QED) is 0.185. The molecule has 4 rings (SSSR count). The summed E-state index contributed by atoms with van der Waals surface area (Å²) in [4.78, 5) is 16.5. The number of hydrogen-bond acceptors (Lipinski definition) is 3. The molecule has 0 saturated heterocycles. The highest BCUT2D eigenvalue weighted by Crippen LogP contribution is 2.19. The zero-order valence-corrected chi connectivity index (χ0v) is 20.4. The topological polar surface area (TPSA) is 82.9 Å². The van der Waals surface area contributed by atoms with Crippen LogP contribution in [0.2, 0.25) is 0 Å². The number of rotatable bonds is 7. The minimum Gasteiger partial charge on any atom is -0.361 e. The molecule has 0 radical (unpaired) electrons. The maximum Gasteiger partial charge on any atom is 0.191 e. The first-order valence-electron chi connectivity index (χ1n) is 10.4. The first-order valence-corrected chi connectivity index (χ1v) is 10.4. The number of aromatic nitrogens is 4. The highest BCUT2D eigenvalue weighted by Gasteiger charge is 2.06. The number of aromatic amines is 1. The van der Waals surface area contributed by atoms with Crippen LogP contribution in [0.4, 0.5) is 4.39 Å². The second-order valence-electron chi connectivity index (χ2n) is 7.24. The third-order valence-electron chi connectivity index (χ3n) is 5.06. The standard InChI is InChI=1S/C23H26FN7.HI/c1-3-25-23(27-9-8-18-15-28-21-12-19(24)5-6-20(18)21)30-14-17-4-7-22(29-13-17)31-11-10-26-16(31)2;/h4-7,10-13,15,28H,3,8-9,14H2,1-2H3,(H2,25,27,30);1H. The van der Waals surface area contributed by atoms with E-state index in [0.717, 1.165) is 52.6 Å². The van der Waals surface area contributed by atoms with E-state index in [1.54, 1.807) is 6.20 Å². The van der Waals surface area contributed by atoms with E-state index in [0.29, 0.717) is 13.1 Å². The number of H-pyrrole nitrogens is 1. The van der Waals surface area contributed by atoms with Gasteiger partial charge in [-0.25, -0.2) is 19.4 Å². The lowest BCUT2D eigenvalue weighted by Gasteiger charge is -2.11. The summed E-state index contributed by atoms with van der Waals surface area (Å²) in [6.45, 7) is 6.00. The Hall–Kier alpha value is -2.95. The summed E-state index contributed by atoms with van der Waals surface area (Å²) in [5, 5.41) is 7.68. The first-order chi connectivity index (χ1) is 15.1. The molecular weight excluding hydrogens is 520 g/mol. The van der Waals surface area contributed by atoms with Gasteiger partial charge in [-0.1, -0.05) is 6.07 Å². The van der Waals surface area contributed by atoms with Crippen molar-refractivity contribution in [1.82, 2.24) is 30.2 Å². The summed E-state index contributed by atoms with van der Waals surface area (Å²) in [5.41, 5.74) is 2.99. The molecule has 3 heterocycles. The third kappa shape index (κ3) is 5.64. The fraction of sp³-hybridized carbons (Fsp3) is 0.261. The van der Waals surface area contributed by atoms with E-state index in [2.05, 4.69) is 30.6 Å². The van der Waals surface area contributed by atoms with Gasteiger partial charge in [-0.15, -0.1) is 24.0 Å². The molecule has 9 heteroatoms. The van der Waals surface area contributed by atoms with E-state index >= 15 is 0 Å². The second-order valence-corrected chi connectivity index (χ2v) is 7.24. The van der Waals surface area contributed by atoms with Gasteiger partial charge >= 0.3 is 0 Å². The van der Waals surface area contributed by atoms with Gasteiger partial charge in [0.1, 0.15) is 17.5 Å². The van der Waals surface area contributed by atoms with Gasteiger partial charge in [0.25, 0.3) is 0 Å².